The SMILES string of the molecule is CC(=O)c1cccc2c1OB(O)[C@@H](CC(=O)C1CCNCC1)C2. The number of fused-ring (bicyclic) bond motifs is 1. The lowest BCUT2D eigenvalue weighted by Gasteiger charge is -2.29. The van der Waals surface area contributed by atoms with E-state index in [1.807, 2.05) is 12.1 Å². The first-order valence-corrected chi connectivity index (χ1v) is 8.27. The molecule has 0 amide bonds. The molecule has 2 N–H and O–H groups in total. The van der Waals surface area contributed by atoms with Crippen molar-refractivity contribution in [3.05, 3.63) is 29.3 Å². The number of nitrogens with one attached hydrogen (secondary N) is 1. The molecule has 0 aromatic heterocycles. The molecular formula is C17H22BNO4. The maximum Gasteiger partial charge on any atom is 0.526 e. The Morgan fingerprint density at radius 1 is 1.35 bits per heavy atom. The van der Waals surface area contributed by atoms with E-state index < -0.39 is 7.12 Å². The number of piperidine rings is 1. The van der Waals surface area contributed by atoms with E-state index in [4.69, 9.17) is 4.65 Å². The summed E-state index contributed by atoms with van der Waals surface area (Å²) in [6, 6.07) is 5.42. The lowest BCUT2D eigenvalue weighted by molar-refractivity contribution is -0.123. The molecule has 23 heavy (non-hydrogen) atoms. The van der Waals surface area contributed by atoms with Crippen molar-refractivity contribution in [1.29, 1.82) is 0 Å². The van der Waals surface area contributed by atoms with Gasteiger partial charge < -0.3 is 15.0 Å². The zero-order chi connectivity index (χ0) is 16.4. The quantitative estimate of drug-likeness (QED) is 0.652. The maximum atomic E-state index is 12.5. The van der Waals surface area contributed by atoms with Crippen molar-refractivity contribution in [2.24, 2.45) is 5.92 Å². The van der Waals surface area contributed by atoms with Crippen molar-refractivity contribution in [3.63, 3.8) is 0 Å². The Morgan fingerprint density at radius 3 is 2.78 bits per heavy atom. The second-order valence-corrected chi connectivity index (χ2v) is 6.52. The van der Waals surface area contributed by atoms with Gasteiger partial charge in [0.2, 0.25) is 0 Å². The average molecular weight is 315 g/mol. The van der Waals surface area contributed by atoms with Gasteiger partial charge in [-0.15, -0.1) is 0 Å². The van der Waals surface area contributed by atoms with Crippen molar-refractivity contribution in [2.45, 2.75) is 38.4 Å². The van der Waals surface area contributed by atoms with E-state index in [0.717, 1.165) is 31.5 Å². The largest absolute Gasteiger partial charge is 0.535 e. The van der Waals surface area contributed by atoms with Crippen molar-refractivity contribution in [2.75, 3.05) is 13.1 Å². The maximum absolute atomic E-state index is 12.5. The fourth-order valence-corrected chi connectivity index (χ4v) is 3.50. The van der Waals surface area contributed by atoms with Gasteiger partial charge in [-0.1, -0.05) is 12.1 Å². The van der Waals surface area contributed by atoms with Crippen molar-refractivity contribution >= 4 is 18.7 Å². The predicted octanol–water partition coefficient (Wildman–Crippen LogP) is 1.63. The summed E-state index contributed by atoms with van der Waals surface area (Å²) in [7, 11) is -1.03. The molecule has 1 aromatic rings. The van der Waals surface area contributed by atoms with Crippen molar-refractivity contribution < 1.29 is 19.3 Å². The smallest absolute Gasteiger partial charge is 0.526 e. The third kappa shape index (κ3) is 3.48. The molecule has 3 rings (SSSR count). The molecule has 0 bridgehead atoms. The zero-order valence-corrected chi connectivity index (χ0v) is 13.4. The number of rotatable bonds is 4. The summed E-state index contributed by atoms with van der Waals surface area (Å²) < 4.78 is 5.60. The van der Waals surface area contributed by atoms with Crippen LogP contribution in [0.25, 0.3) is 0 Å². The Labute approximate surface area is 136 Å². The Hall–Kier alpha value is -1.66. The minimum atomic E-state index is -1.03. The Bertz CT molecular complexity index is 613. The van der Waals surface area contributed by atoms with Crippen LogP contribution in [-0.4, -0.2) is 36.8 Å². The van der Waals surface area contributed by atoms with Crippen LogP contribution in [0, 0.1) is 5.92 Å². The van der Waals surface area contributed by atoms with E-state index in [2.05, 4.69) is 5.32 Å². The molecule has 2 aliphatic heterocycles. The molecule has 0 radical (unpaired) electrons. The summed E-state index contributed by atoms with van der Waals surface area (Å²) in [6.07, 6.45) is 2.63. The van der Waals surface area contributed by atoms with Gasteiger partial charge in [0.25, 0.3) is 0 Å². The highest BCUT2D eigenvalue weighted by molar-refractivity contribution is 6.47. The number of benzene rings is 1. The molecule has 0 spiro atoms. The van der Waals surface area contributed by atoms with Gasteiger partial charge in [-0.2, -0.15) is 0 Å². The normalized spacial score (nSPS) is 21.5. The van der Waals surface area contributed by atoms with Crippen molar-refractivity contribution in [1.82, 2.24) is 5.32 Å². The van der Waals surface area contributed by atoms with Crippen LogP contribution in [0.4, 0.5) is 0 Å². The summed E-state index contributed by atoms with van der Waals surface area (Å²) >= 11 is 0. The molecule has 2 heterocycles. The predicted molar refractivity (Wildman–Crippen MR) is 87.7 cm³/mol. The number of hydrogen-bond donors (Lipinski definition) is 2. The van der Waals surface area contributed by atoms with Crippen LogP contribution in [0.15, 0.2) is 18.2 Å². The minimum absolute atomic E-state index is 0.0849. The second kappa shape index (κ2) is 6.85. The molecule has 1 saturated heterocycles. The summed E-state index contributed by atoms with van der Waals surface area (Å²) in [5, 5.41) is 13.5. The highest BCUT2D eigenvalue weighted by atomic mass is 16.5. The highest BCUT2D eigenvalue weighted by Crippen LogP contribution is 2.37. The molecule has 122 valence electrons. The van der Waals surface area contributed by atoms with Crippen LogP contribution in [0.2, 0.25) is 5.82 Å². The monoisotopic (exact) mass is 315 g/mol. The molecular weight excluding hydrogens is 293 g/mol. The van der Waals surface area contributed by atoms with Gasteiger partial charge in [-0.25, -0.2) is 0 Å². The Kier molecular flexibility index (Phi) is 4.83. The van der Waals surface area contributed by atoms with Crippen LogP contribution >= 0.6 is 0 Å². The van der Waals surface area contributed by atoms with E-state index in [1.165, 1.54) is 6.92 Å². The molecule has 0 aliphatic carbocycles. The lowest BCUT2D eigenvalue weighted by Crippen LogP contribution is -2.38. The number of carbonyl (C=O) groups excluding carboxylic acids is 2. The third-order valence-corrected chi connectivity index (χ3v) is 4.86. The molecule has 1 fully saturated rings. The first-order valence-electron chi connectivity index (χ1n) is 8.27. The lowest BCUT2D eigenvalue weighted by atomic mass is 9.63. The average Bonchev–Trinajstić information content (AvgIpc) is 2.55. The van der Waals surface area contributed by atoms with Crippen LogP contribution in [0.5, 0.6) is 5.75 Å². The summed E-state index contributed by atoms with van der Waals surface area (Å²) in [4.78, 5) is 24.1. The van der Waals surface area contributed by atoms with E-state index >= 15 is 0 Å². The van der Waals surface area contributed by atoms with Gasteiger partial charge in [-0.3, -0.25) is 9.59 Å². The molecule has 6 heteroatoms. The Morgan fingerprint density at radius 2 is 2.09 bits per heavy atom. The van der Waals surface area contributed by atoms with Gasteiger partial charge >= 0.3 is 7.12 Å². The highest BCUT2D eigenvalue weighted by Gasteiger charge is 2.38. The van der Waals surface area contributed by atoms with E-state index in [-0.39, 0.29) is 23.3 Å². The second-order valence-electron chi connectivity index (χ2n) is 6.52. The number of para-hydroxylation sites is 1. The van der Waals surface area contributed by atoms with Crippen LogP contribution in [0.1, 0.15) is 42.1 Å². The van der Waals surface area contributed by atoms with Gasteiger partial charge in [0.05, 0.1) is 5.56 Å². The zero-order valence-electron chi connectivity index (χ0n) is 13.4. The number of hydrogen-bond acceptors (Lipinski definition) is 5. The number of carbonyl (C=O) groups is 2. The molecule has 1 aromatic carbocycles. The standard InChI is InChI=1S/C17H22BNO4/c1-11(20)15-4-2-3-13-9-14(18(22)23-17(13)15)10-16(21)12-5-7-19-8-6-12/h2-4,12,14,19,22H,5-10H2,1H3/t14-/m1/s1. The fourth-order valence-electron chi connectivity index (χ4n) is 3.50. The van der Waals surface area contributed by atoms with E-state index in [1.54, 1.807) is 6.07 Å². The van der Waals surface area contributed by atoms with E-state index in [9.17, 15) is 14.6 Å². The topological polar surface area (TPSA) is 75.6 Å². The third-order valence-electron chi connectivity index (χ3n) is 4.86. The number of ketones is 2. The van der Waals surface area contributed by atoms with Crippen LogP contribution in [-0.2, 0) is 11.2 Å². The van der Waals surface area contributed by atoms with Crippen molar-refractivity contribution in [3.8, 4) is 5.75 Å². The first kappa shape index (κ1) is 16.2. The van der Waals surface area contributed by atoms with E-state index in [0.29, 0.717) is 24.2 Å². The molecule has 5 nitrogen and oxygen atoms in total. The minimum Gasteiger partial charge on any atom is -0.535 e. The summed E-state index contributed by atoms with van der Waals surface area (Å²) in [5.41, 5.74) is 1.38. The molecule has 2 aliphatic rings. The van der Waals surface area contributed by atoms with Gasteiger partial charge in [0, 0.05) is 18.2 Å². The molecule has 0 unspecified atom stereocenters. The molecule has 0 saturated carbocycles. The number of Topliss-reactive ketones (excluding diaryl/α,β-unsaturated/α-hetero) is 2. The summed E-state index contributed by atoms with van der Waals surface area (Å²) in [5.74, 6) is 0.446. The first-order chi connectivity index (χ1) is 11.1. The van der Waals surface area contributed by atoms with Crippen LogP contribution < -0.4 is 9.97 Å². The van der Waals surface area contributed by atoms with Crippen LogP contribution in [0.3, 0.4) is 0 Å². The molecule has 1 atom stereocenters. The van der Waals surface area contributed by atoms with Gasteiger partial charge in [-0.05, 0) is 50.9 Å². The fraction of sp³-hybridized carbons (Fsp3) is 0.529. The summed E-state index contributed by atoms with van der Waals surface area (Å²) in [6.45, 7) is 3.24. The van der Waals surface area contributed by atoms with Gasteiger partial charge in [0.15, 0.2) is 5.78 Å². The Balaban J connectivity index is 1.72. The van der Waals surface area contributed by atoms with Gasteiger partial charge in [0.1, 0.15) is 11.5 Å².